The number of carbonyl (C=O) groups is 1. The Hall–Kier alpha value is -1.71. The maximum atomic E-state index is 11.7. The minimum Gasteiger partial charge on any atom is -0.491 e. The Morgan fingerprint density at radius 2 is 2.00 bits per heavy atom. The molecule has 19 heavy (non-hydrogen) atoms. The maximum absolute atomic E-state index is 11.7. The summed E-state index contributed by atoms with van der Waals surface area (Å²) in [5.41, 5.74) is 6.34. The van der Waals surface area contributed by atoms with Crippen LogP contribution in [-0.2, 0) is 4.79 Å². The zero-order valence-electron chi connectivity index (χ0n) is 12.0. The van der Waals surface area contributed by atoms with Gasteiger partial charge in [0.1, 0.15) is 5.75 Å². The van der Waals surface area contributed by atoms with Gasteiger partial charge in [0, 0.05) is 6.04 Å². The summed E-state index contributed by atoms with van der Waals surface area (Å²) in [6.07, 6.45) is 1.33. The fraction of sp³-hybridized carbons (Fsp3) is 0.533. The number of nitrogens with one attached hydrogen (secondary N) is 1. The Balaban J connectivity index is 2.26. The molecule has 0 aliphatic heterocycles. The number of benzene rings is 1. The molecule has 0 aromatic heterocycles. The fourth-order valence-corrected chi connectivity index (χ4v) is 1.98. The predicted octanol–water partition coefficient (Wildman–Crippen LogP) is 2.59. The highest BCUT2D eigenvalue weighted by Crippen LogP contribution is 2.19. The number of nitrogens with two attached hydrogens (primary N) is 1. The van der Waals surface area contributed by atoms with Crippen molar-refractivity contribution in [3.05, 3.63) is 24.3 Å². The van der Waals surface area contributed by atoms with E-state index in [1.807, 2.05) is 19.1 Å². The third-order valence-electron chi connectivity index (χ3n) is 2.74. The zero-order valence-corrected chi connectivity index (χ0v) is 12.0. The molecule has 0 heterocycles. The number of para-hydroxylation sites is 2. The summed E-state index contributed by atoms with van der Waals surface area (Å²) < 4.78 is 5.48. The number of anilines is 1. The van der Waals surface area contributed by atoms with E-state index in [0.717, 1.165) is 6.42 Å². The molecule has 0 saturated carbocycles. The van der Waals surface area contributed by atoms with E-state index >= 15 is 0 Å². The van der Waals surface area contributed by atoms with Gasteiger partial charge in [-0.1, -0.05) is 26.0 Å². The Kier molecular flexibility index (Phi) is 6.19. The van der Waals surface area contributed by atoms with Crippen LogP contribution in [0.5, 0.6) is 5.75 Å². The summed E-state index contributed by atoms with van der Waals surface area (Å²) in [7, 11) is 0. The Labute approximate surface area is 115 Å². The van der Waals surface area contributed by atoms with Gasteiger partial charge in [-0.25, -0.2) is 0 Å². The van der Waals surface area contributed by atoms with Gasteiger partial charge in [0.15, 0.2) is 0 Å². The Morgan fingerprint density at radius 1 is 1.32 bits per heavy atom. The molecule has 4 heteroatoms. The van der Waals surface area contributed by atoms with Crippen molar-refractivity contribution < 1.29 is 9.53 Å². The van der Waals surface area contributed by atoms with Gasteiger partial charge in [-0.15, -0.1) is 0 Å². The van der Waals surface area contributed by atoms with Gasteiger partial charge in [0.25, 0.3) is 0 Å². The standard InChI is InChI=1S/C15H24N2O2/c1-11(2)10-12(3)17-15(18)8-9-19-14-7-5-4-6-13(14)16/h4-7,11-12H,8-10,16H2,1-3H3,(H,17,18). The minimum atomic E-state index is 0.0163. The second-order valence-corrected chi connectivity index (χ2v) is 5.23. The van der Waals surface area contributed by atoms with Crippen LogP contribution >= 0.6 is 0 Å². The van der Waals surface area contributed by atoms with Crippen LogP contribution in [0.2, 0.25) is 0 Å². The van der Waals surface area contributed by atoms with Crippen molar-refractivity contribution in [1.29, 1.82) is 0 Å². The number of hydrogen-bond donors (Lipinski definition) is 2. The van der Waals surface area contributed by atoms with Gasteiger partial charge in [-0.05, 0) is 31.4 Å². The first-order chi connectivity index (χ1) is 8.99. The minimum absolute atomic E-state index is 0.0163. The van der Waals surface area contributed by atoms with Crippen LogP contribution in [-0.4, -0.2) is 18.6 Å². The first kappa shape index (κ1) is 15.3. The molecule has 4 nitrogen and oxygen atoms in total. The van der Waals surface area contributed by atoms with Crippen LogP contribution in [0.3, 0.4) is 0 Å². The molecule has 106 valence electrons. The Bertz CT molecular complexity index is 405. The first-order valence-corrected chi connectivity index (χ1v) is 6.75. The quantitative estimate of drug-likeness (QED) is 0.744. The van der Waals surface area contributed by atoms with Crippen molar-refractivity contribution in [2.45, 2.75) is 39.7 Å². The molecule has 0 fully saturated rings. The lowest BCUT2D eigenvalue weighted by molar-refractivity contribution is -0.122. The molecule has 1 unspecified atom stereocenters. The Morgan fingerprint density at radius 3 is 2.63 bits per heavy atom. The number of ether oxygens (including phenoxy) is 1. The van der Waals surface area contributed by atoms with Crippen molar-refractivity contribution in [3.63, 3.8) is 0 Å². The number of carbonyl (C=O) groups excluding carboxylic acids is 1. The van der Waals surface area contributed by atoms with Gasteiger partial charge in [-0.2, -0.15) is 0 Å². The summed E-state index contributed by atoms with van der Waals surface area (Å²) in [5, 5.41) is 2.96. The van der Waals surface area contributed by atoms with Crippen molar-refractivity contribution in [2.75, 3.05) is 12.3 Å². The molecule has 1 atom stereocenters. The van der Waals surface area contributed by atoms with Crippen molar-refractivity contribution in [1.82, 2.24) is 5.32 Å². The van der Waals surface area contributed by atoms with Crippen molar-refractivity contribution >= 4 is 11.6 Å². The monoisotopic (exact) mass is 264 g/mol. The van der Waals surface area contributed by atoms with E-state index in [-0.39, 0.29) is 11.9 Å². The molecule has 0 radical (unpaired) electrons. The summed E-state index contributed by atoms with van der Waals surface area (Å²) in [6.45, 7) is 6.65. The molecular formula is C15H24N2O2. The zero-order chi connectivity index (χ0) is 14.3. The van der Waals surface area contributed by atoms with Crippen molar-refractivity contribution in [3.8, 4) is 5.75 Å². The summed E-state index contributed by atoms with van der Waals surface area (Å²) in [4.78, 5) is 11.7. The summed E-state index contributed by atoms with van der Waals surface area (Å²) >= 11 is 0. The third-order valence-corrected chi connectivity index (χ3v) is 2.74. The first-order valence-electron chi connectivity index (χ1n) is 6.75. The largest absolute Gasteiger partial charge is 0.491 e. The lowest BCUT2D eigenvalue weighted by atomic mass is 10.1. The fourth-order valence-electron chi connectivity index (χ4n) is 1.98. The molecule has 0 aliphatic rings. The maximum Gasteiger partial charge on any atom is 0.223 e. The average molecular weight is 264 g/mol. The normalized spacial score (nSPS) is 12.2. The lowest BCUT2D eigenvalue weighted by Gasteiger charge is -2.16. The van der Waals surface area contributed by atoms with E-state index in [4.69, 9.17) is 10.5 Å². The molecule has 1 aromatic rings. The molecule has 0 spiro atoms. The molecule has 1 rings (SSSR count). The second kappa shape index (κ2) is 7.67. The summed E-state index contributed by atoms with van der Waals surface area (Å²) in [5.74, 6) is 1.23. The number of nitrogen functional groups attached to an aromatic ring is 1. The molecule has 0 saturated heterocycles. The molecule has 1 amide bonds. The molecule has 0 bridgehead atoms. The van der Waals surface area contributed by atoms with Gasteiger partial charge >= 0.3 is 0 Å². The van der Waals surface area contributed by atoms with Crippen LogP contribution < -0.4 is 15.8 Å². The average Bonchev–Trinajstić information content (AvgIpc) is 2.30. The van der Waals surface area contributed by atoms with Crippen LogP contribution in [0.4, 0.5) is 5.69 Å². The molecular weight excluding hydrogens is 240 g/mol. The lowest BCUT2D eigenvalue weighted by Crippen LogP contribution is -2.34. The highest BCUT2D eigenvalue weighted by molar-refractivity contribution is 5.76. The van der Waals surface area contributed by atoms with Gasteiger partial charge in [0.05, 0.1) is 18.7 Å². The van der Waals surface area contributed by atoms with E-state index in [1.165, 1.54) is 0 Å². The second-order valence-electron chi connectivity index (χ2n) is 5.23. The highest BCUT2D eigenvalue weighted by atomic mass is 16.5. The van der Waals surface area contributed by atoms with Gasteiger partial charge < -0.3 is 15.8 Å². The van der Waals surface area contributed by atoms with E-state index in [1.54, 1.807) is 12.1 Å². The van der Waals surface area contributed by atoms with E-state index < -0.39 is 0 Å². The van der Waals surface area contributed by atoms with E-state index in [2.05, 4.69) is 19.2 Å². The van der Waals surface area contributed by atoms with Gasteiger partial charge in [0.2, 0.25) is 5.91 Å². The molecule has 3 N–H and O–H groups in total. The smallest absolute Gasteiger partial charge is 0.223 e. The third kappa shape index (κ3) is 6.13. The topological polar surface area (TPSA) is 64.3 Å². The van der Waals surface area contributed by atoms with Crippen LogP contribution in [0.15, 0.2) is 24.3 Å². The highest BCUT2D eigenvalue weighted by Gasteiger charge is 2.09. The predicted molar refractivity (Wildman–Crippen MR) is 78.0 cm³/mol. The number of hydrogen-bond acceptors (Lipinski definition) is 3. The van der Waals surface area contributed by atoms with Gasteiger partial charge in [-0.3, -0.25) is 4.79 Å². The van der Waals surface area contributed by atoms with Crippen LogP contribution in [0.25, 0.3) is 0 Å². The number of rotatable bonds is 7. The molecule has 1 aromatic carbocycles. The summed E-state index contributed by atoms with van der Waals surface area (Å²) in [6, 6.07) is 7.49. The van der Waals surface area contributed by atoms with E-state index in [9.17, 15) is 4.79 Å². The molecule has 0 aliphatic carbocycles. The van der Waals surface area contributed by atoms with Crippen LogP contribution in [0.1, 0.15) is 33.6 Å². The van der Waals surface area contributed by atoms with Crippen LogP contribution in [0, 0.1) is 5.92 Å². The number of amides is 1. The van der Waals surface area contributed by atoms with E-state index in [0.29, 0.717) is 30.4 Å². The van der Waals surface area contributed by atoms with Crippen molar-refractivity contribution in [2.24, 2.45) is 5.92 Å². The SMILES string of the molecule is CC(C)CC(C)NC(=O)CCOc1ccccc1N.